The Balaban J connectivity index is 1.33. The number of terminal acetylenes is 1. The van der Waals surface area contributed by atoms with Gasteiger partial charge in [0.25, 0.3) is 6.08 Å². The van der Waals surface area contributed by atoms with Gasteiger partial charge in [-0.1, -0.05) is 30.2 Å². The number of nitrogens with two attached hydrogens (primary N) is 1. The minimum absolute atomic E-state index is 0.0227. The number of benzene rings is 3. The van der Waals surface area contributed by atoms with Gasteiger partial charge >= 0.3 is 6.01 Å². The molecular weight excluding hydrogens is 706 g/mol. The highest BCUT2D eigenvalue weighted by atomic mass is 35.5. The van der Waals surface area contributed by atoms with Crippen molar-refractivity contribution >= 4 is 50.4 Å². The molecule has 4 aromatic rings. The molecule has 0 aliphatic carbocycles. The molecule has 3 aromatic carbocycles. The molecule has 270 valence electrons. The molecule has 5 saturated heterocycles. The summed E-state index contributed by atoms with van der Waals surface area (Å²) in [6, 6.07) is 6.28. The normalized spacial score (nSPS) is 24.9. The molecule has 6 aliphatic heterocycles. The van der Waals surface area contributed by atoms with E-state index in [9.17, 15) is 14.0 Å². The zero-order valence-corrected chi connectivity index (χ0v) is 29.4. The van der Waals surface area contributed by atoms with Gasteiger partial charge in [-0.2, -0.15) is 24.0 Å². The Morgan fingerprint density at radius 1 is 1.13 bits per heavy atom. The van der Waals surface area contributed by atoms with E-state index >= 15 is 8.78 Å². The summed E-state index contributed by atoms with van der Waals surface area (Å²) in [6.45, 7) is 6.56. The van der Waals surface area contributed by atoms with Gasteiger partial charge in [0.05, 0.1) is 38.3 Å². The second-order valence-corrected chi connectivity index (χ2v) is 15.5. The van der Waals surface area contributed by atoms with E-state index in [1.807, 2.05) is 4.90 Å². The number of halogens is 5. The molecule has 6 aliphatic rings. The Hall–Kier alpha value is -4.88. The van der Waals surface area contributed by atoms with Crippen LogP contribution in [0.3, 0.4) is 0 Å². The molecule has 0 radical (unpaired) electrons. The number of hydrogen-bond acceptors (Lipinski definition) is 8. The quantitative estimate of drug-likeness (QED) is 0.125. The Kier molecular flexibility index (Phi) is 7.73. The smallest absolute Gasteiger partial charge is 0.319 e. The van der Waals surface area contributed by atoms with Gasteiger partial charge in [-0.15, -0.1) is 6.42 Å². The lowest BCUT2D eigenvalue weighted by molar-refractivity contribution is 0.108. The van der Waals surface area contributed by atoms with Crippen LogP contribution in [0.2, 0.25) is 5.02 Å². The van der Waals surface area contributed by atoms with E-state index in [1.54, 1.807) is 0 Å². The monoisotopic (exact) mass is 739 g/mol. The molecule has 3 N–H and O–H groups in total. The third-order valence-electron chi connectivity index (χ3n) is 12.2. The predicted octanol–water partition coefficient (Wildman–Crippen LogP) is 7.70. The van der Waals surface area contributed by atoms with Crippen LogP contribution in [0.4, 0.5) is 29.1 Å². The van der Waals surface area contributed by atoms with Crippen molar-refractivity contribution in [1.82, 2.24) is 20.2 Å². The number of aromatic nitrogens is 2. The Morgan fingerprint density at radius 2 is 1.96 bits per heavy atom. The van der Waals surface area contributed by atoms with Gasteiger partial charge < -0.3 is 20.7 Å². The summed E-state index contributed by atoms with van der Waals surface area (Å²) in [6.07, 6.45) is 8.97. The van der Waals surface area contributed by atoms with E-state index in [-0.39, 0.29) is 81.1 Å². The summed E-state index contributed by atoms with van der Waals surface area (Å²) < 4.78 is 67.1. The first kappa shape index (κ1) is 33.9. The third-order valence-corrected chi connectivity index (χ3v) is 12.6. The molecule has 3 atom stereocenters. The van der Waals surface area contributed by atoms with Crippen LogP contribution in [0.25, 0.3) is 38.4 Å². The molecule has 1 aromatic heterocycles. The maximum absolute atomic E-state index is 17.8. The van der Waals surface area contributed by atoms with Crippen LogP contribution >= 0.6 is 11.6 Å². The van der Waals surface area contributed by atoms with E-state index in [2.05, 4.69) is 33.8 Å². The Labute approximate surface area is 308 Å². The highest BCUT2D eigenvalue weighted by Gasteiger charge is 2.50. The summed E-state index contributed by atoms with van der Waals surface area (Å²) in [4.78, 5) is 13.9. The summed E-state index contributed by atoms with van der Waals surface area (Å²) in [5.41, 5.74) is 5.70. The number of anilines is 2. The highest BCUT2D eigenvalue weighted by molar-refractivity contribution is 6.38. The Morgan fingerprint density at radius 3 is 2.74 bits per heavy atom. The van der Waals surface area contributed by atoms with Gasteiger partial charge in [-0.25, -0.2) is 8.78 Å². The fraction of sp³-hybridized carbons (Fsp3) is 0.375. The van der Waals surface area contributed by atoms with Crippen molar-refractivity contribution in [3.05, 3.63) is 69.8 Å². The molecule has 0 unspecified atom stereocenters. The first-order valence-corrected chi connectivity index (χ1v) is 18.1. The first-order valence-electron chi connectivity index (χ1n) is 17.7. The molecule has 0 amide bonds. The van der Waals surface area contributed by atoms with Gasteiger partial charge in [0.1, 0.15) is 29.8 Å². The lowest BCUT2D eigenvalue weighted by atomic mass is 9.83. The lowest BCUT2D eigenvalue weighted by Gasteiger charge is -2.48. The SMILES string of the molecule is C#Cc1c(F)ccc2cc(N)c(C#N)c(-c3c(Cl)c4c5c(nc(OC[C@@]67CCCN6CC(=C(F)F)C7)nc5c3F)N3C[C@H]5CCC[C@@]3(CN5)CC4=C)c12. The molecule has 0 saturated carbocycles. The van der Waals surface area contributed by atoms with Crippen LogP contribution < -0.4 is 20.7 Å². The zero-order chi connectivity index (χ0) is 37.0. The summed E-state index contributed by atoms with van der Waals surface area (Å²) in [7, 11) is 0. The van der Waals surface area contributed by atoms with E-state index in [0.717, 1.165) is 25.7 Å². The molecule has 5 fully saturated rings. The predicted molar refractivity (Wildman–Crippen MR) is 197 cm³/mol. The van der Waals surface area contributed by atoms with Crippen molar-refractivity contribution in [1.29, 1.82) is 5.26 Å². The van der Waals surface area contributed by atoms with Crippen LogP contribution in [0.1, 0.15) is 61.6 Å². The lowest BCUT2D eigenvalue weighted by Crippen LogP contribution is -2.63. The fourth-order valence-electron chi connectivity index (χ4n) is 9.79. The first-order chi connectivity index (χ1) is 25.5. The maximum Gasteiger partial charge on any atom is 0.319 e. The molecule has 13 heteroatoms. The van der Waals surface area contributed by atoms with Crippen LogP contribution in [0.15, 0.2) is 36.4 Å². The summed E-state index contributed by atoms with van der Waals surface area (Å²) in [5, 5.41) is 14.9. The highest BCUT2D eigenvalue weighted by Crippen LogP contribution is 2.54. The van der Waals surface area contributed by atoms with Crippen LogP contribution in [0, 0.1) is 35.3 Å². The van der Waals surface area contributed by atoms with Crippen molar-refractivity contribution in [2.45, 2.75) is 62.1 Å². The molecule has 1 spiro atoms. The minimum atomic E-state index is -1.67. The average molecular weight is 740 g/mol. The number of fused-ring (bicyclic) bond motifs is 5. The summed E-state index contributed by atoms with van der Waals surface area (Å²) >= 11 is 7.34. The fourth-order valence-corrected chi connectivity index (χ4v) is 10.2. The van der Waals surface area contributed by atoms with E-state index in [4.69, 9.17) is 33.5 Å². The Bertz CT molecular complexity index is 2430. The number of nitrogen functional groups attached to an aromatic ring is 1. The number of nitriles is 1. The van der Waals surface area contributed by atoms with Crippen molar-refractivity contribution in [3.8, 4) is 35.6 Å². The van der Waals surface area contributed by atoms with Gasteiger partial charge in [0.2, 0.25) is 0 Å². The summed E-state index contributed by atoms with van der Waals surface area (Å²) in [5.74, 6) is 1.19. The van der Waals surface area contributed by atoms with Gasteiger partial charge in [0.15, 0.2) is 5.82 Å². The number of nitrogens with zero attached hydrogens (tertiary/aromatic N) is 5. The molecule has 53 heavy (non-hydrogen) atoms. The van der Waals surface area contributed by atoms with Crippen LogP contribution in [-0.4, -0.2) is 64.8 Å². The standard InChI is InChI=1S/C40H34ClF4N7O/c1-3-24-26(42)8-7-21-12-27(47)25(15-46)30(29(21)24)31-33(41)28-20(2)13-39-9-4-6-23(48-18-39)17-52(39)37-32(28)35(34(31)43)49-38(50-37)53-19-40-10-5-11-51(40)16-22(14-40)36(44)45/h1,7-8,12,23,48H,2,4-6,9-11,13-14,16-19,47H2/t23-,39+,40+/m1/s1. The number of piperazine rings is 1. The largest absolute Gasteiger partial charge is 0.461 e. The van der Waals surface area contributed by atoms with Gasteiger partial charge in [-0.3, -0.25) is 4.90 Å². The van der Waals surface area contributed by atoms with Crippen molar-refractivity contribution in [3.63, 3.8) is 0 Å². The molecular formula is C40H34ClF4N7O. The zero-order valence-electron chi connectivity index (χ0n) is 28.7. The third kappa shape index (κ3) is 4.89. The number of nitrogens with one attached hydrogen (secondary N) is 1. The second-order valence-electron chi connectivity index (χ2n) is 15.1. The van der Waals surface area contributed by atoms with Crippen LogP contribution in [-0.2, 0) is 0 Å². The van der Waals surface area contributed by atoms with E-state index < -0.39 is 28.8 Å². The number of ether oxygens (including phenoxy) is 1. The molecule has 2 bridgehead atoms. The van der Waals surface area contributed by atoms with E-state index in [1.165, 1.54) is 18.2 Å². The van der Waals surface area contributed by atoms with Gasteiger partial charge in [0, 0.05) is 53.3 Å². The number of rotatable bonds is 4. The van der Waals surface area contributed by atoms with E-state index in [0.29, 0.717) is 60.2 Å². The molecule has 10 rings (SSSR count). The van der Waals surface area contributed by atoms with Crippen molar-refractivity contribution < 1.29 is 22.3 Å². The van der Waals surface area contributed by atoms with Crippen molar-refractivity contribution in [2.75, 3.05) is 43.4 Å². The van der Waals surface area contributed by atoms with Crippen molar-refractivity contribution in [2.24, 2.45) is 0 Å². The topological polar surface area (TPSA) is 103 Å². The minimum Gasteiger partial charge on any atom is -0.461 e. The second kappa shape index (κ2) is 12.1. The average Bonchev–Trinajstić information content (AvgIpc) is 3.52. The maximum atomic E-state index is 17.8. The van der Waals surface area contributed by atoms with Crippen LogP contribution in [0.5, 0.6) is 6.01 Å². The molecule has 8 nitrogen and oxygen atoms in total. The molecule has 7 heterocycles. The van der Waals surface area contributed by atoms with Gasteiger partial charge in [-0.05, 0) is 74.6 Å². The number of hydrogen-bond donors (Lipinski definition) is 2.